The number of hydrogen-bond acceptors (Lipinski definition) is 7. The van der Waals surface area contributed by atoms with Gasteiger partial charge in [0.25, 0.3) is 0 Å². The van der Waals surface area contributed by atoms with Crippen LogP contribution >= 0.6 is 11.6 Å². The van der Waals surface area contributed by atoms with E-state index in [2.05, 4.69) is 44.4 Å². The van der Waals surface area contributed by atoms with Gasteiger partial charge in [0.05, 0.1) is 11.6 Å². The molecule has 2 aromatic rings. The fraction of sp³-hybridized carbons (Fsp3) is 0.520. The van der Waals surface area contributed by atoms with Crippen molar-refractivity contribution in [3.63, 3.8) is 0 Å². The van der Waals surface area contributed by atoms with Crippen LogP contribution in [0.4, 0.5) is 5.82 Å². The third-order valence-corrected chi connectivity index (χ3v) is 6.38. The molecule has 1 aliphatic rings. The second kappa shape index (κ2) is 11.1. The van der Waals surface area contributed by atoms with Gasteiger partial charge in [-0.1, -0.05) is 49.7 Å². The van der Waals surface area contributed by atoms with Gasteiger partial charge in [0.1, 0.15) is 11.1 Å². The molecule has 0 aliphatic carbocycles. The first kappa shape index (κ1) is 25.9. The molecule has 0 bridgehead atoms. The van der Waals surface area contributed by atoms with E-state index in [1.165, 1.54) is 11.8 Å². The van der Waals surface area contributed by atoms with E-state index in [1.807, 2.05) is 45.9 Å². The topological polar surface area (TPSA) is 88.4 Å². The van der Waals surface area contributed by atoms with Gasteiger partial charge in [0.2, 0.25) is 11.7 Å². The molecule has 1 aliphatic heterocycles. The number of piperazine rings is 1. The molecular formula is C25H34ClN7O. The maximum Gasteiger partial charge on any atom is 0.248 e. The summed E-state index contributed by atoms with van der Waals surface area (Å²) in [6, 6.07) is 10.2. The van der Waals surface area contributed by atoms with Crippen molar-refractivity contribution in [2.45, 2.75) is 39.7 Å². The average molecular weight is 484 g/mol. The molecule has 0 radical (unpaired) electrons. The summed E-state index contributed by atoms with van der Waals surface area (Å²) in [6.45, 7) is 13.6. The predicted molar refractivity (Wildman–Crippen MR) is 134 cm³/mol. The van der Waals surface area contributed by atoms with Crippen LogP contribution in [-0.2, 0) is 16.8 Å². The van der Waals surface area contributed by atoms with Crippen LogP contribution in [0.3, 0.4) is 0 Å². The van der Waals surface area contributed by atoms with Crippen molar-refractivity contribution in [1.29, 1.82) is 5.26 Å². The summed E-state index contributed by atoms with van der Waals surface area (Å²) in [7, 11) is 2.16. The molecule has 1 aromatic heterocycles. The summed E-state index contributed by atoms with van der Waals surface area (Å²) >= 11 is 6.32. The van der Waals surface area contributed by atoms with Crippen molar-refractivity contribution in [2.24, 2.45) is 5.92 Å². The summed E-state index contributed by atoms with van der Waals surface area (Å²) in [5.41, 5.74) is 4.34. The molecule has 3 rings (SSSR count). The Kier molecular flexibility index (Phi) is 8.47. The van der Waals surface area contributed by atoms with Gasteiger partial charge in [-0.05, 0) is 37.9 Å². The standard InChI is InChI=1S/C25H34ClN7O/c1-18(2)16-33(23-21(26)15-28-22(14-27)29-23)30-24(34)25(3,4)20-8-6-19(7-9-20)17-32-12-10-31(5)11-13-32/h6-9,15,18H,10-13,16-17H2,1-5H3,(H,30,34). The number of nitriles is 1. The highest BCUT2D eigenvalue weighted by atomic mass is 35.5. The number of hydrogen-bond donors (Lipinski definition) is 1. The minimum atomic E-state index is -0.792. The molecule has 0 saturated carbocycles. The van der Waals surface area contributed by atoms with Gasteiger partial charge in [-0.2, -0.15) is 10.2 Å². The molecule has 1 aromatic carbocycles. The van der Waals surface area contributed by atoms with Gasteiger partial charge in [-0.3, -0.25) is 20.1 Å². The monoisotopic (exact) mass is 483 g/mol. The Hall–Kier alpha value is -2.73. The van der Waals surface area contributed by atoms with Crippen LogP contribution in [0.1, 0.15) is 44.6 Å². The quantitative estimate of drug-likeness (QED) is 0.576. The lowest BCUT2D eigenvalue weighted by molar-refractivity contribution is -0.125. The summed E-state index contributed by atoms with van der Waals surface area (Å²) < 4.78 is 0. The van der Waals surface area contributed by atoms with Gasteiger partial charge in [0.15, 0.2) is 5.82 Å². The van der Waals surface area contributed by atoms with Gasteiger partial charge in [0, 0.05) is 39.3 Å². The zero-order valence-electron chi connectivity index (χ0n) is 20.7. The first-order chi connectivity index (χ1) is 16.1. The molecule has 1 saturated heterocycles. The predicted octanol–water partition coefficient (Wildman–Crippen LogP) is 3.22. The van der Waals surface area contributed by atoms with E-state index in [-0.39, 0.29) is 22.7 Å². The molecule has 34 heavy (non-hydrogen) atoms. The summed E-state index contributed by atoms with van der Waals surface area (Å²) in [5.74, 6) is 0.341. The molecule has 0 unspecified atom stereocenters. The lowest BCUT2D eigenvalue weighted by Gasteiger charge is -2.33. The van der Waals surface area contributed by atoms with Crippen LogP contribution in [0.25, 0.3) is 0 Å². The van der Waals surface area contributed by atoms with E-state index in [0.717, 1.165) is 38.3 Å². The number of aromatic nitrogens is 2. The molecule has 1 fully saturated rings. The number of amides is 1. The minimum absolute atomic E-state index is 0.00222. The van der Waals surface area contributed by atoms with E-state index in [0.29, 0.717) is 12.4 Å². The molecule has 2 heterocycles. The number of halogens is 1. The largest absolute Gasteiger partial charge is 0.304 e. The molecule has 9 heteroatoms. The van der Waals surface area contributed by atoms with E-state index >= 15 is 0 Å². The first-order valence-electron chi connectivity index (χ1n) is 11.6. The lowest BCUT2D eigenvalue weighted by atomic mass is 9.83. The highest BCUT2D eigenvalue weighted by Crippen LogP contribution is 2.27. The zero-order chi connectivity index (χ0) is 24.9. The number of anilines is 1. The molecular weight excluding hydrogens is 450 g/mol. The van der Waals surface area contributed by atoms with Gasteiger partial charge in [-0.15, -0.1) is 0 Å². The van der Waals surface area contributed by atoms with Crippen LogP contribution in [0.2, 0.25) is 5.02 Å². The van der Waals surface area contributed by atoms with Gasteiger partial charge >= 0.3 is 0 Å². The Morgan fingerprint density at radius 1 is 1.24 bits per heavy atom. The maximum atomic E-state index is 13.4. The van der Waals surface area contributed by atoms with Crippen molar-refractivity contribution < 1.29 is 4.79 Å². The van der Waals surface area contributed by atoms with Crippen LogP contribution in [0, 0.1) is 17.2 Å². The highest BCUT2D eigenvalue weighted by molar-refractivity contribution is 6.32. The number of nitrogens with zero attached hydrogens (tertiary/aromatic N) is 6. The van der Waals surface area contributed by atoms with Crippen LogP contribution in [0.5, 0.6) is 0 Å². The number of hydrazine groups is 1. The normalized spacial score (nSPS) is 15.2. The van der Waals surface area contributed by atoms with Crippen molar-refractivity contribution in [3.05, 3.63) is 52.4 Å². The van der Waals surface area contributed by atoms with Gasteiger partial charge < -0.3 is 4.90 Å². The fourth-order valence-electron chi connectivity index (χ4n) is 3.84. The Labute approximate surface area is 207 Å². The molecule has 8 nitrogen and oxygen atoms in total. The Bertz CT molecular complexity index is 1020. The SMILES string of the molecule is CC(C)CN(NC(=O)C(C)(C)c1ccc(CN2CCN(C)CC2)cc1)c1nc(C#N)ncc1Cl. The van der Waals surface area contributed by atoms with Gasteiger partial charge in [-0.25, -0.2) is 4.98 Å². The van der Waals surface area contributed by atoms with E-state index in [1.54, 1.807) is 5.01 Å². The van der Waals surface area contributed by atoms with Crippen LogP contribution in [-0.4, -0.2) is 65.4 Å². The number of carbonyl (C=O) groups excluding carboxylic acids is 1. The number of likely N-dealkylation sites (N-methyl/N-ethyl adjacent to an activating group) is 1. The first-order valence-corrected chi connectivity index (χ1v) is 12.0. The Morgan fingerprint density at radius 3 is 2.47 bits per heavy atom. The van der Waals surface area contributed by atoms with Crippen LogP contribution < -0.4 is 10.4 Å². The second-order valence-electron chi connectivity index (χ2n) is 9.82. The molecule has 0 atom stereocenters. The lowest BCUT2D eigenvalue weighted by Crippen LogP contribution is -2.51. The Morgan fingerprint density at radius 2 is 1.88 bits per heavy atom. The maximum absolute atomic E-state index is 13.4. The highest BCUT2D eigenvalue weighted by Gasteiger charge is 2.32. The zero-order valence-corrected chi connectivity index (χ0v) is 21.4. The van der Waals surface area contributed by atoms with Crippen molar-refractivity contribution in [1.82, 2.24) is 25.2 Å². The fourth-order valence-corrected chi connectivity index (χ4v) is 4.03. The molecule has 1 amide bonds. The molecule has 1 N–H and O–H groups in total. The third kappa shape index (κ3) is 6.44. The molecule has 0 spiro atoms. The van der Waals surface area contributed by atoms with Crippen LogP contribution in [0.15, 0.2) is 30.5 Å². The number of benzene rings is 1. The Balaban J connectivity index is 1.74. The number of carbonyl (C=O) groups is 1. The van der Waals surface area contributed by atoms with E-state index in [9.17, 15) is 10.1 Å². The second-order valence-corrected chi connectivity index (χ2v) is 10.2. The smallest absolute Gasteiger partial charge is 0.248 e. The van der Waals surface area contributed by atoms with Crippen molar-refractivity contribution in [2.75, 3.05) is 44.8 Å². The van der Waals surface area contributed by atoms with Crippen molar-refractivity contribution >= 4 is 23.3 Å². The van der Waals surface area contributed by atoms with E-state index < -0.39 is 5.41 Å². The third-order valence-electron chi connectivity index (χ3n) is 6.11. The summed E-state index contributed by atoms with van der Waals surface area (Å²) in [5, 5.41) is 11.1. The minimum Gasteiger partial charge on any atom is -0.304 e. The average Bonchev–Trinajstić information content (AvgIpc) is 2.80. The number of nitrogens with one attached hydrogen (secondary N) is 1. The van der Waals surface area contributed by atoms with Crippen molar-refractivity contribution in [3.8, 4) is 6.07 Å². The number of rotatable bonds is 8. The summed E-state index contributed by atoms with van der Waals surface area (Å²) in [6.07, 6.45) is 1.38. The molecule has 182 valence electrons. The summed E-state index contributed by atoms with van der Waals surface area (Å²) in [4.78, 5) is 26.3. The van der Waals surface area contributed by atoms with E-state index in [4.69, 9.17) is 11.6 Å².